The van der Waals surface area contributed by atoms with E-state index in [-0.39, 0.29) is 18.2 Å². The van der Waals surface area contributed by atoms with Gasteiger partial charge < -0.3 is 9.26 Å². The van der Waals surface area contributed by atoms with Gasteiger partial charge in [-0.05, 0) is 30.7 Å². The molecule has 0 saturated heterocycles. The SMILES string of the molecule is C=CCn1c(COc2ccccc2F)nnc1SCc1nc(-c2ccc(C)c(F)c2)no1. The molecule has 0 N–H and O–H groups in total. The van der Waals surface area contributed by atoms with Crippen LogP contribution in [0, 0.1) is 18.6 Å². The molecule has 10 heteroatoms. The van der Waals surface area contributed by atoms with E-state index >= 15 is 0 Å². The number of aromatic nitrogens is 5. The molecule has 0 radical (unpaired) electrons. The molecule has 0 amide bonds. The Morgan fingerprint density at radius 3 is 2.78 bits per heavy atom. The van der Waals surface area contributed by atoms with Gasteiger partial charge in [0.2, 0.25) is 11.7 Å². The van der Waals surface area contributed by atoms with E-state index in [0.29, 0.717) is 46.1 Å². The zero-order valence-electron chi connectivity index (χ0n) is 17.2. The number of rotatable bonds is 9. The zero-order valence-corrected chi connectivity index (χ0v) is 18.0. The highest BCUT2D eigenvalue weighted by Gasteiger charge is 2.16. The minimum Gasteiger partial charge on any atom is -0.483 e. The number of para-hydroxylation sites is 1. The molecule has 0 atom stereocenters. The van der Waals surface area contributed by atoms with Crippen molar-refractivity contribution in [1.29, 1.82) is 0 Å². The fraction of sp³-hybridized carbons (Fsp3) is 0.182. The number of hydrogen-bond acceptors (Lipinski definition) is 7. The van der Waals surface area contributed by atoms with Gasteiger partial charge in [-0.2, -0.15) is 4.98 Å². The summed E-state index contributed by atoms with van der Waals surface area (Å²) in [6, 6.07) is 10.9. The minimum absolute atomic E-state index is 0.0476. The molecule has 0 aliphatic carbocycles. The molecule has 2 aromatic heterocycles. The first kappa shape index (κ1) is 21.7. The lowest BCUT2D eigenvalue weighted by Crippen LogP contribution is -2.08. The average Bonchev–Trinajstić information content (AvgIpc) is 3.41. The number of nitrogens with zero attached hydrogens (tertiary/aromatic N) is 5. The Bertz CT molecular complexity index is 1240. The monoisotopic (exact) mass is 455 g/mol. The molecule has 2 aromatic carbocycles. The minimum atomic E-state index is -0.447. The van der Waals surface area contributed by atoms with Crippen molar-refractivity contribution in [2.45, 2.75) is 31.0 Å². The summed E-state index contributed by atoms with van der Waals surface area (Å²) < 4.78 is 40.2. The van der Waals surface area contributed by atoms with Gasteiger partial charge in [0.05, 0.1) is 5.75 Å². The van der Waals surface area contributed by atoms with Gasteiger partial charge in [-0.1, -0.05) is 47.3 Å². The third-order valence-electron chi connectivity index (χ3n) is 4.52. The predicted molar refractivity (Wildman–Crippen MR) is 115 cm³/mol. The van der Waals surface area contributed by atoms with Crippen molar-refractivity contribution in [3.05, 3.63) is 84.0 Å². The van der Waals surface area contributed by atoms with Gasteiger partial charge in [-0.15, -0.1) is 16.8 Å². The molecule has 0 unspecified atom stereocenters. The van der Waals surface area contributed by atoms with Crippen molar-refractivity contribution in [3.63, 3.8) is 0 Å². The second-order valence-corrected chi connectivity index (χ2v) is 7.72. The number of halogens is 2. The highest BCUT2D eigenvalue weighted by Crippen LogP contribution is 2.25. The van der Waals surface area contributed by atoms with Crippen molar-refractivity contribution >= 4 is 11.8 Å². The van der Waals surface area contributed by atoms with Gasteiger partial charge in [-0.3, -0.25) is 4.57 Å². The zero-order chi connectivity index (χ0) is 22.5. The van der Waals surface area contributed by atoms with Crippen LogP contribution in [-0.2, 0) is 18.9 Å². The molecule has 0 fully saturated rings. The number of hydrogen-bond donors (Lipinski definition) is 0. The van der Waals surface area contributed by atoms with Crippen molar-refractivity contribution in [2.75, 3.05) is 0 Å². The molecular formula is C22H19F2N5O2S. The fourth-order valence-corrected chi connectivity index (χ4v) is 3.64. The van der Waals surface area contributed by atoms with Gasteiger partial charge in [0.15, 0.2) is 22.5 Å². The van der Waals surface area contributed by atoms with Crippen LogP contribution in [-0.4, -0.2) is 24.9 Å². The number of thioether (sulfide) groups is 1. The average molecular weight is 455 g/mol. The summed E-state index contributed by atoms with van der Waals surface area (Å²) in [6.07, 6.45) is 1.71. The Morgan fingerprint density at radius 2 is 2.00 bits per heavy atom. The maximum Gasteiger partial charge on any atom is 0.237 e. The second-order valence-electron chi connectivity index (χ2n) is 6.78. The van der Waals surface area contributed by atoms with Crippen LogP contribution in [0.3, 0.4) is 0 Å². The van der Waals surface area contributed by atoms with E-state index in [9.17, 15) is 8.78 Å². The standard InChI is InChI=1S/C22H19F2N5O2S/c1-3-10-29-19(12-30-18-7-5-4-6-16(18)23)26-27-22(29)32-13-20-25-21(28-31-20)15-9-8-14(2)17(24)11-15/h3-9,11H,1,10,12-13H2,2H3. The Balaban J connectivity index is 1.44. The lowest BCUT2D eigenvalue weighted by molar-refractivity contribution is 0.275. The molecule has 0 aliphatic rings. The van der Waals surface area contributed by atoms with Crippen molar-refractivity contribution < 1.29 is 18.0 Å². The number of ether oxygens (including phenoxy) is 1. The van der Waals surface area contributed by atoms with E-state index in [4.69, 9.17) is 9.26 Å². The molecule has 0 saturated carbocycles. The Kier molecular flexibility index (Phi) is 6.60. The topological polar surface area (TPSA) is 78.9 Å². The van der Waals surface area contributed by atoms with Crippen LogP contribution in [0.25, 0.3) is 11.4 Å². The molecule has 164 valence electrons. The molecule has 0 spiro atoms. The summed E-state index contributed by atoms with van der Waals surface area (Å²) >= 11 is 1.34. The highest BCUT2D eigenvalue weighted by atomic mass is 32.2. The van der Waals surface area contributed by atoms with Crippen LogP contribution >= 0.6 is 11.8 Å². The van der Waals surface area contributed by atoms with E-state index in [1.807, 2.05) is 4.57 Å². The van der Waals surface area contributed by atoms with E-state index in [1.54, 1.807) is 43.3 Å². The quantitative estimate of drug-likeness (QED) is 0.260. The van der Waals surface area contributed by atoms with Gasteiger partial charge in [0, 0.05) is 12.1 Å². The third kappa shape index (κ3) is 4.86. The van der Waals surface area contributed by atoms with Crippen LogP contribution in [0.5, 0.6) is 5.75 Å². The molecule has 4 aromatic rings. The molecule has 7 nitrogen and oxygen atoms in total. The smallest absolute Gasteiger partial charge is 0.237 e. The maximum atomic E-state index is 13.8. The van der Waals surface area contributed by atoms with Crippen LogP contribution < -0.4 is 4.74 Å². The summed E-state index contributed by atoms with van der Waals surface area (Å²) in [4.78, 5) is 4.33. The maximum absolute atomic E-state index is 13.8. The van der Waals surface area contributed by atoms with Crippen molar-refractivity contribution in [1.82, 2.24) is 24.9 Å². The van der Waals surface area contributed by atoms with Crippen LogP contribution in [0.4, 0.5) is 8.78 Å². The summed E-state index contributed by atoms with van der Waals surface area (Å²) in [5.74, 6) is 0.903. The fourth-order valence-electron chi connectivity index (χ4n) is 2.84. The van der Waals surface area contributed by atoms with E-state index in [2.05, 4.69) is 26.9 Å². The van der Waals surface area contributed by atoms with Crippen LogP contribution in [0.1, 0.15) is 17.3 Å². The Labute approximate surface area is 187 Å². The lowest BCUT2D eigenvalue weighted by Gasteiger charge is -2.09. The number of allylic oxidation sites excluding steroid dienone is 1. The molecule has 4 rings (SSSR count). The van der Waals surface area contributed by atoms with E-state index < -0.39 is 5.82 Å². The largest absolute Gasteiger partial charge is 0.483 e. The number of benzene rings is 2. The summed E-state index contributed by atoms with van der Waals surface area (Å²) in [6.45, 7) is 5.94. The Morgan fingerprint density at radius 1 is 1.16 bits per heavy atom. The van der Waals surface area contributed by atoms with E-state index in [0.717, 1.165) is 0 Å². The molecule has 0 bridgehead atoms. The van der Waals surface area contributed by atoms with Gasteiger partial charge in [0.25, 0.3) is 0 Å². The van der Waals surface area contributed by atoms with Gasteiger partial charge >= 0.3 is 0 Å². The van der Waals surface area contributed by atoms with E-state index in [1.165, 1.54) is 23.9 Å². The van der Waals surface area contributed by atoms with Crippen molar-refractivity contribution in [2.24, 2.45) is 0 Å². The molecular weight excluding hydrogens is 436 g/mol. The first-order valence-corrected chi connectivity index (χ1v) is 10.7. The van der Waals surface area contributed by atoms with Gasteiger partial charge in [-0.25, -0.2) is 8.78 Å². The second kappa shape index (κ2) is 9.73. The molecule has 2 heterocycles. The predicted octanol–water partition coefficient (Wildman–Crippen LogP) is 4.97. The first-order valence-electron chi connectivity index (χ1n) is 9.67. The number of aryl methyl sites for hydroxylation is 1. The summed E-state index contributed by atoms with van der Waals surface area (Å²) in [7, 11) is 0. The third-order valence-corrected chi connectivity index (χ3v) is 5.47. The molecule has 32 heavy (non-hydrogen) atoms. The van der Waals surface area contributed by atoms with Crippen LogP contribution in [0.2, 0.25) is 0 Å². The van der Waals surface area contributed by atoms with Gasteiger partial charge in [0.1, 0.15) is 12.4 Å². The molecule has 0 aliphatic heterocycles. The van der Waals surface area contributed by atoms with Crippen LogP contribution in [0.15, 0.2) is 64.8 Å². The Hall–Kier alpha value is -3.53. The normalized spacial score (nSPS) is 11.0. The highest BCUT2D eigenvalue weighted by molar-refractivity contribution is 7.98. The summed E-state index contributed by atoms with van der Waals surface area (Å²) in [5, 5.41) is 12.9. The lowest BCUT2D eigenvalue weighted by atomic mass is 10.1. The first-order chi connectivity index (χ1) is 15.5. The summed E-state index contributed by atoms with van der Waals surface area (Å²) in [5.41, 5.74) is 1.08. The van der Waals surface area contributed by atoms with Crippen molar-refractivity contribution in [3.8, 4) is 17.1 Å².